The number of hydrogen-bond donors (Lipinski definition) is 2. The second-order valence-corrected chi connectivity index (χ2v) is 6.66. The second-order valence-electron chi connectivity index (χ2n) is 6.66. The lowest BCUT2D eigenvalue weighted by molar-refractivity contribution is 0.572. The van der Waals surface area contributed by atoms with Crippen molar-refractivity contribution in [3.8, 4) is 17.3 Å². The van der Waals surface area contributed by atoms with Gasteiger partial charge >= 0.3 is 0 Å². The largest absolute Gasteiger partial charge is 0.444 e. The molecule has 4 aromatic rings. The molecule has 0 fully saturated rings. The summed E-state index contributed by atoms with van der Waals surface area (Å²) in [6.45, 7) is 3.06. The van der Waals surface area contributed by atoms with Crippen molar-refractivity contribution in [3.63, 3.8) is 0 Å². The number of hydrogen-bond acceptors (Lipinski definition) is 5. The number of aliphatic imine (C=N–C) groups is 1. The molecule has 0 saturated heterocycles. The normalized spacial score (nSPS) is 11.5. The number of oxazole rings is 1. The number of aryl methyl sites for hydroxylation is 1. The van der Waals surface area contributed by atoms with Gasteiger partial charge in [0.2, 0.25) is 5.89 Å². The minimum atomic E-state index is 0.507. The monoisotopic (exact) mass is 401 g/mol. The van der Waals surface area contributed by atoms with E-state index in [-0.39, 0.29) is 0 Å². The summed E-state index contributed by atoms with van der Waals surface area (Å²) in [6.07, 6.45) is 7.16. The highest BCUT2D eigenvalue weighted by atomic mass is 16.3. The quantitative estimate of drug-likeness (QED) is 0.381. The molecule has 0 saturated carbocycles. The molecule has 0 amide bonds. The molecule has 0 aliphatic carbocycles. The van der Waals surface area contributed by atoms with E-state index < -0.39 is 0 Å². The zero-order valence-electron chi connectivity index (χ0n) is 16.9. The molecule has 0 aliphatic heterocycles. The van der Waals surface area contributed by atoms with Gasteiger partial charge in [0.15, 0.2) is 5.96 Å². The lowest BCUT2D eigenvalue weighted by Gasteiger charge is -2.11. The summed E-state index contributed by atoms with van der Waals surface area (Å²) in [4.78, 5) is 17.5. The van der Waals surface area contributed by atoms with Crippen LogP contribution in [0, 0.1) is 6.92 Å². The number of nitrogens with one attached hydrogen (secondary N) is 2. The maximum Gasteiger partial charge on any atom is 0.226 e. The molecule has 0 unspecified atom stereocenters. The van der Waals surface area contributed by atoms with Crippen LogP contribution in [-0.2, 0) is 13.1 Å². The van der Waals surface area contributed by atoms with Gasteiger partial charge in [-0.2, -0.15) is 0 Å². The van der Waals surface area contributed by atoms with Crippen molar-refractivity contribution in [2.75, 3.05) is 7.05 Å². The van der Waals surface area contributed by atoms with Gasteiger partial charge in [-0.25, -0.2) is 15.0 Å². The smallest absolute Gasteiger partial charge is 0.226 e. The van der Waals surface area contributed by atoms with E-state index in [0.29, 0.717) is 24.9 Å². The topological polar surface area (TPSA) is 93.2 Å². The lowest BCUT2D eigenvalue weighted by atomic mass is 10.2. The number of guanidine groups is 1. The fourth-order valence-corrected chi connectivity index (χ4v) is 2.97. The van der Waals surface area contributed by atoms with Gasteiger partial charge in [0, 0.05) is 37.7 Å². The van der Waals surface area contributed by atoms with Crippen molar-refractivity contribution in [1.29, 1.82) is 0 Å². The van der Waals surface area contributed by atoms with Crippen molar-refractivity contribution in [2.24, 2.45) is 4.99 Å². The summed E-state index contributed by atoms with van der Waals surface area (Å²) < 4.78 is 7.51. The van der Waals surface area contributed by atoms with Crippen molar-refractivity contribution < 1.29 is 4.42 Å². The highest BCUT2D eigenvalue weighted by molar-refractivity contribution is 5.79. The number of pyridine rings is 1. The molecule has 0 atom stereocenters. The number of rotatable bonds is 6. The predicted octanol–water partition coefficient (Wildman–Crippen LogP) is 3.10. The van der Waals surface area contributed by atoms with Gasteiger partial charge in [-0.1, -0.05) is 24.3 Å². The van der Waals surface area contributed by atoms with E-state index in [0.717, 1.165) is 28.5 Å². The van der Waals surface area contributed by atoms with Crippen LogP contribution in [0.15, 0.2) is 76.7 Å². The summed E-state index contributed by atoms with van der Waals surface area (Å²) in [5.74, 6) is 3.03. The number of benzene rings is 1. The standard InChI is InChI=1S/C22H23N7O/c1-16-24-10-11-29(16)20-9-8-17(12-25-20)13-26-22(23-2)27-14-19-15-30-21(28-19)18-6-4-3-5-7-18/h3-12,15H,13-14H2,1-2H3,(H2,23,26,27). The molecular weight excluding hydrogens is 378 g/mol. The van der Waals surface area contributed by atoms with Crippen LogP contribution in [0.25, 0.3) is 17.3 Å². The zero-order valence-corrected chi connectivity index (χ0v) is 16.9. The molecule has 152 valence electrons. The SMILES string of the molecule is CN=C(NCc1ccc(-n2ccnc2C)nc1)NCc1coc(-c2ccccc2)n1. The van der Waals surface area contributed by atoms with Crippen LogP contribution in [0.5, 0.6) is 0 Å². The highest BCUT2D eigenvalue weighted by Gasteiger charge is 2.07. The van der Waals surface area contributed by atoms with Crippen LogP contribution in [-0.4, -0.2) is 32.5 Å². The average molecular weight is 401 g/mol. The molecule has 1 aromatic carbocycles. The molecule has 8 heteroatoms. The van der Waals surface area contributed by atoms with Gasteiger partial charge < -0.3 is 15.1 Å². The van der Waals surface area contributed by atoms with E-state index in [1.54, 1.807) is 19.5 Å². The first-order valence-corrected chi connectivity index (χ1v) is 9.62. The Morgan fingerprint density at radius 1 is 1.07 bits per heavy atom. The molecule has 2 N–H and O–H groups in total. The summed E-state index contributed by atoms with van der Waals surface area (Å²) >= 11 is 0. The number of aromatic nitrogens is 4. The van der Waals surface area contributed by atoms with Crippen LogP contribution >= 0.6 is 0 Å². The first-order chi connectivity index (χ1) is 14.7. The van der Waals surface area contributed by atoms with E-state index in [1.165, 1.54) is 0 Å². The fourth-order valence-electron chi connectivity index (χ4n) is 2.97. The Balaban J connectivity index is 1.30. The zero-order chi connectivity index (χ0) is 20.8. The average Bonchev–Trinajstić information content (AvgIpc) is 3.44. The second kappa shape index (κ2) is 9.04. The Morgan fingerprint density at radius 2 is 1.90 bits per heavy atom. The molecule has 3 aromatic heterocycles. The first kappa shape index (κ1) is 19.4. The van der Waals surface area contributed by atoms with Crippen molar-refractivity contribution in [2.45, 2.75) is 20.0 Å². The predicted molar refractivity (Wildman–Crippen MR) is 115 cm³/mol. The third kappa shape index (κ3) is 4.54. The van der Waals surface area contributed by atoms with Crippen molar-refractivity contribution in [1.82, 2.24) is 30.2 Å². The van der Waals surface area contributed by atoms with Crippen LogP contribution in [0.1, 0.15) is 17.1 Å². The number of imidazole rings is 1. The van der Waals surface area contributed by atoms with Crippen LogP contribution < -0.4 is 10.6 Å². The summed E-state index contributed by atoms with van der Waals surface area (Å²) in [6, 6.07) is 13.8. The highest BCUT2D eigenvalue weighted by Crippen LogP contribution is 2.17. The van der Waals surface area contributed by atoms with Gasteiger partial charge in [-0.15, -0.1) is 0 Å². The molecule has 4 rings (SSSR count). The molecular formula is C22H23N7O. The molecule has 0 aliphatic rings. The molecule has 3 heterocycles. The molecule has 8 nitrogen and oxygen atoms in total. The van der Waals surface area contributed by atoms with Crippen LogP contribution in [0.2, 0.25) is 0 Å². The third-order valence-electron chi connectivity index (χ3n) is 4.57. The maximum absolute atomic E-state index is 5.57. The molecule has 0 spiro atoms. The van der Waals surface area contributed by atoms with Crippen LogP contribution in [0.3, 0.4) is 0 Å². The minimum absolute atomic E-state index is 0.507. The van der Waals surface area contributed by atoms with Gasteiger partial charge in [0.1, 0.15) is 17.9 Å². The number of nitrogens with zero attached hydrogens (tertiary/aromatic N) is 5. The van der Waals surface area contributed by atoms with Gasteiger partial charge in [-0.3, -0.25) is 9.56 Å². The Morgan fingerprint density at radius 3 is 2.60 bits per heavy atom. The molecule has 30 heavy (non-hydrogen) atoms. The summed E-state index contributed by atoms with van der Waals surface area (Å²) in [5.41, 5.74) is 2.80. The Hall–Kier alpha value is -3.94. The Labute approximate surface area is 174 Å². The minimum Gasteiger partial charge on any atom is -0.444 e. The van der Waals surface area contributed by atoms with Crippen LogP contribution in [0.4, 0.5) is 0 Å². The maximum atomic E-state index is 5.57. The Kier molecular flexibility index (Phi) is 5.84. The van der Waals surface area contributed by atoms with E-state index in [1.807, 2.05) is 66.3 Å². The van der Waals surface area contributed by atoms with E-state index in [9.17, 15) is 0 Å². The van der Waals surface area contributed by atoms with Crippen molar-refractivity contribution in [3.05, 3.63) is 84.4 Å². The van der Waals surface area contributed by atoms with Crippen molar-refractivity contribution >= 4 is 5.96 Å². The van der Waals surface area contributed by atoms with Gasteiger partial charge in [-0.05, 0) is 30.7 Å². The third-order valence-corrected chi connectivity index (χ3v) is 4.57. The van der Waals surface area contributed by atoms with E-state index in [4.69, 9.17) is 4.42 Å². The lowest BCUT2D eigenvalue weighted by Crippen LogP contribution is -2.36. The molecule has 0 radical (unpaired) electrons. The van der Waals surface area contributed by atoms with Gasteiger partial charge in [0.25, 0.3) is 0 Å². The van der Waals surface area contributed by atoms with E-state index >= 15 is 0 Å². The first-order valence-electron chi connectivity index (χ1n) is 9.62. The summed E-state index contributed by atoms with van der Waals surface area (Å²) in [5, 5.41) is 6.53. The Bertz CT molecular complexity index is 1110. The summed E-state index contributed by atoms with van der Waals surface area (Å²) in [7, 11) is 1.73. The van der Waals surface area contributed by atoms with Gasteiger partial charge in [0.05, 0.1) is 12.2 Å². The molecule has 0 bridgehead atoms. The van der Waals surface area contributed by atoms with E-state index in [2.05, 4.69) is 30.6 Å². The fraction of sp³-hybridized carbons (Fsp3) is 0.182.